The van der Waals surface area contributed by atoms with Gasteiger partial charge in [0.05, 0.1) is 0 Å². The van der Waals surface area contributed by atoms with Crippen molar-refractivity contribution in [2.24, 2.45) is 5.73 Å². The standard InChI is InChI=1S/C11H15NO2S/c1-2-10(11(13)14)15-9-5-3-8(7-12)4-6-9/h3-6,10H,2,7,12H2,1H3,(H,13,14). The van der Waals surface area contributed by atoms with Gasteiger partial charge in [-0.15, -0.1) is 11.8 Å². The fourth-order valence-corrected chi connectivity index (χ4v) is 2.07. The number of benzene rings is 1. The zero-order valence-electron chi connectivity index (χ0n) is 8.64. The highest BCUT2D eigenvalue weighted by Crippen LogP contribution is 2.25. The van der Waals surface area contributed by atoms with E-state index in [1.54, 1.807) is 0 Å². The molecule has 1 rings (SSSR count). The lowest BCUT2D eigenvalue weighted by Gasteiger charge is -2.09. The molecule has 0 spiro atoms. The van der Waals surface area contributed by atoms with Crippen molar-refractivity contribution in [2.45, 2.75) is 30.0 Å². The Hall–Kier alpha value is -1.00. The smallest absolute Gasteiger partial charge is 0.316 e. The largest absolute Gasteiger partial charge is 0.480 e. The van der Waals surface area contributed by atoms with Gasteiger partial charge in [0.15, 0.2) is 0 Å². The molecular formula is C11H15NO2S. The van der Waals surface area contributed by atoms with Crippen LogP contribution in [0.5, 0.6) is 0 Å². The average Bonchev–Trinajstić information content (AvgIpc) is 2.26. The first-order valence-corrected chi connectivity index (χ1v) is 5.73. The number of nitrogens with two attached hydrogens (primary N) is 1. The number of aliphatic carboxylic acids is 1. The van der Waals surface area contributed by atoms with Gasteiger partial charge in [-0.2, -0.15) is 0 Å². The fourth-order valence-electron chi connectivity index (χ4n) is 1.18. The van der Waals surface area contributed by atoms with Crippen LogP contribution in [0.15, 0.2) is 29.2 Å². The predicted octanol–water partition coefficient (Wildman–Crippen LogP) is 2.10. The van der Waals surface area contributed by atoms with Gasteiger partial charge in [0.1, 0.15) is 5.25 Å². The Labute approximate surface area is 93.7 Å². The number of rotatable bonds is 5. The maximum Gasteiger partial charge on any atom is 0.316 e. The molecule has 1 unspecified atom stereocenters. The number of hydrogen-bond acceptors (Lipinski definition) is 3. The molecule has 1 atom stereocenters. The Balaban J connectivity index is 2.67. The molecule has 3 nitrogen and oxygen atoms in total. The average molecular weight is 225 g/mol. The maximum atomic E-state index is 10.8. The molecule has 0 amide bonds. The molecule has 0 fully saturated rings. The lowest BCUT2D eigenvalue weighted by Crippen LogP contribution is -2.14. The third-order valence-electron chi connectivity index (χ3n) is 2.08. The molecule has 0 aromatic heterocycles. The van der Waals surface area contributed by atoms with Crippen molar-refractivity contribution in [2.75, 3.05) is 0 Å². The van der Waals surface area contributed by atoms with Crippen LogP contribution in [-0.2, 0) is 11.3 Å². The minimum atomic E-state index is -0.759. The van der Waals surface area contributed by atoms with E-state index in [-0.39, 0.29) is 5.25 Å². The zero-order valence-corrected chi connectivity index (χ0v) is 9.46. The minimum absolute atomic E-state index is 0.367. The van der Waals surface area contributed by atoms with Crippen LogP contribution in [0.1, 0.15) is 18.9 Å². The van der Waals surface area contributed by atoms with Gasteiger partial charge in [0, 0.05) is 11.4 Å². The van der Waals surface area contributed by atoms with Gasteiger partial charge in [0.25, 0.3) is 0 Å². The SMILES string of the molecule is CCC(Sc1ccc(CN)cc1)C(=O)O. The molecule has 4 heteroatoms. The van der Waals surface area contributed by atoms with Crippen molar-refractivity contribution in [1.29, 1.82) is 0 Å². The summed E-state index contributed by atoms with van der Waals surface area (Å²) in [6, 6.07) is 7.69. The van der Waals surface area contributed by atoms with E-state index in [1.807, 2.05) is 31.2 Å². The maximum absolute atomic E-state index is 10.8. The molecule has 3 N–H and O–H groups in total. The summed E-state index contributed by atoms with van der Waals surface area (Å²) >= 11 is 1.38. The van der Waals surface area contributed by atoms with Gasteiger partial charge >= 0.3 is 5.97 Å². The lowest BCUT2D eigenvalue weighted by atomic mass is 10.2. The third-order valence-corrected chi connectivity index (χ3v) is 3.45. The van der Waals surface area contributed by atoms with Crippen LogP contribution in [0.25, 0.3) is 0 Å². The number of thioether (sulfide) groups is 1. The van der Waals surface area contributed by atoms with Gasteiger partial charge < -0.3 is 10.8 Å². The van der Waals surface area contributed by atoms with E-state index >= 15 is 0 Å². The highest BCUT2D eigenvalue weighted by atomic mass is 32.2. The first kappa shape index (κ1) is 12.1. The van der Waals surface area contributed by atoms with Crippen LogP contribution in [0.2, 0.25) is 0 Å². The van der Waals surface area contributed by atoms with Gasteiger partial charge in [0.2, 0.25) is 0 Å². The molecule has 0 saturated heterocycles. The highest BCUT2D eigenvalue weighted by molar-refractivity contribution is 8.00. The van der Waals surface area contributed by atoms with Gasteiger partial charge in [-0.25, -0.2) is 0 Å². The quantitative estimate of drug-likeness (QED) is 0.753. The molecule has 15 heavy (non-hydrogen) atoms. The normalized spacial score (nSPS) is 12.4. The molecule has 0 aliphatic heterocycles. The summed E-state index contributed by atoms with van der Waals surface area (Å²) in [5.41, 5.74) is 6.53. The molecule has 1 aromatic rings. The van der Waals surface area contributed by atoms with Crippen LogP contribution in [0, 0.1) is 0 Å². The Morgan fingerprint density at radius 3 is 2.47 bits per heavy atom. The molecule has 0 heterocycles. The molecule has 0 radical (unpaired) electrons. The summed E-state index contributed by atoms with van der Waals surface area (Å²) in [5, 5.41) is 8.53. The Bertz CT molecular complexity index is 324. The summed E-state index contributed by atoms with van der Waals surface area (Å²) in [4.78, 5) is 11.8. The molecule has 0 saturated carbocycles. The van der Waals surface area contributed by atoms with Crippen molar-refractivity contribution in [1.82, 2.24) is 0 Å². The molecule has 0 aliphatic carbocycles. The molecular weight excluding hydrogens is 210 g/mol. The van der Waals surface area contributed by atoms with Gasteiger partial charge in [-0.1, -0.05) is 19.1 Å². The van der Waals surface area contributed by atoms with E-state index in [0.717, 1.165) is 10.5 Å². The van der Waals surface area contributed by atoms with E-state index in [9.17, 15) is 4.79 Å². The predicted molar refractivity (Wildman–Crippen MR) is 61.9 cm³/mol. The third kappa shape index (κ3) is 3.57. The van der Waals surface area contributed by atoms with E-state index < -0.39 is 5.97 Å². The number of carboxylic acid groups (broad SMARTS) is 1. The van der Waals surface area contributed by atoms with Crippen molar-refractivity contribution < 1.29 is 9.90 Å². The Kier molecular flexibility index (Phi) is 4.65. The van der Waals surface area contributed by atoms with Crippen LogP contribution < -0.4 is 5.73 Å². The summed E-state index contributed by atoms with van der Waals surface area (Å²) < 4.78 is 0. The van der Waals surface area contributed by atoms with Crippen LogP contribution in [0.3, 0.4) is 0 Å². The molecule has 0 bridgehead atoms. The first-order valence-electron chi connectivity index (χ1n) is 4.85. The van der Waals surface area contributed by atoms with Gasteiger partial charge in [-0.3, -0.25) is 4.79 Å². The molecule has 0 aliphatic rings. The summed E-state index contributed by atoms with van der Waals surface area (Å²) in [7, 11) is 0. The second-order valence-electron chi connectivity index (χ2n) is 3.20. The Morgan fingerprint density at radius 1 is 1.47 bits per heavy atom. The second-order valence-corrected chi connectivity index (χ2v) is 4.48. The van der Waals surface area contributed by atoms with Crippen molar-refractivity contribution in [3.05, 3.63) is 29.8 Å². The second kappa shape index (κ2) is 5.78. The zero-order chi connectivity index (χ0) is 11.3. The summed E-state index contributed by atoms with van der Waals surface area (Å²) in [5.74, 6) is -0.759. The molecule has 1 aromatic carbocycles. The molecule has 82 valence electrons. The number of carboxylic acids is 1. The highest BCUT2D eigenvalue weighted by Gasteiger charge is 2.15. The summed E-state index contributed by atoms with van der Waals surface area (Å²) in [6.45, 7) is 2.39. The number of hydrogen-bond donors (Lipinski definition) is 2. The summed E-state index contributed by atoms with van der Waals surface area (Å²) in [6.07, 6.45) is 0.624. The van der Waals surface area contributed by atoms with Crippen LogP contribution >= 0.6 is 11.8 Å². The fraction of sp³-hybridized carbons (Fsp3) is 0.364. The monoisotopic (exact) mass is 225 g/mol. The van der Waals surface area contributed by atoms with E-state index in [0.29, 0.717) is 13.0 Å². The van der Waals surface area contributed by atoms with Gasteiger partial charge in [-0.05, 0) is 24.1 Å². The van der Waals surface area contributed by atoms with Crippen LogP contribution in [0.4, 0.5) is 0 Å². The first-order chi connectivity index (χ1) is 7.17. The Morgan fingerprint density at radius 2 is 2.07 bits per heavy atom. The van der Waals surface area contributed by atoms with E-state index in [1.165, 1.54) is 11.8 Å². The van der Waals surface area contributed by atoms with Crippen LogP contribution in [-0.4, -0.2) is 16.3 Å². The van der Waals surface area contributed by atoms with Crippen molar-refractivity contribution >= 4 is 17.7 Å². The topological polar surface area (TPSA) is 63.3 Å². The number of carbonyl (C=O) groups is 1. The minimum Gasteiger partial charge on any atom is -0.480 e. The van der Waals surface area contributed by atoms with E-state index in [4.69, 9.17) is 10.8 Å². The lowest BCUT2D eigenvalue weighted by molar-refractivity contribution is -0.136. The van der Waals surface area contributed by atoms with Crippen molar-refractivity contribution in [3.63, 3.8) is 0 Å². The van der Waals surface area contributed by atoms with E-state index in [2.05, 4.69) is 0 Å². The van der Waals surface area contributed by atoms with Crippen molar-refractivity contribution in [3.8, 4) is 0 Å².